The summed E-state index contributed by atoms with van der Waals surface area (Å²) >= 11 is 0. The zero-order valence-electron chi connectivity index (χ0n) is 14.9. The van der Waals surface area contributed by atoms with Gasteiger partial charge in [0, 0.05) is 17.4 Å². The van der Waals surface area contributed by atoms with Gasteiger partial charge in [0.15, 0.2) is 0 Å². The molecule has 0 radical (unpaired) electrons. The lowest BCUT2D eigenvalue weighted by Crippen LogP contribution is -2.34. The molecule has 2 rings (SSSR count). The van der Waals surface area contributed by atoms with Gasteiger partial charge in [0.05, 0.1) is 10.8 Å². The maximum absolute atomic E-state index is 12.7. The lowest BCUT2D eigenvalue weighted by atomic mass is 10.0. The molecule has 26 heavy (non-hydrogen) atoms. The summed E-state index contributed by atoms with van der Waals surface area (Å²) in [5.41, 5.74) is 7.21. The van der Waals surface area contributed by atoms with E-state index in [1.165, 1.54) is 6.07 Å². The van der Waals surface area contributed by atoms with Crippen molar-refractivity contribution in [2.75, 3.05) is 10.0 Å². The molecule has 0 aliphatic heterocycles. The molecule has 0 saturated carbocycles. The largest absolute Gasteiger partial charge is 0.327 e. The van der Waals surface area contributed by atoms with Crippen molar-refractivity contribution in [2.24, 2.45) is 11.7 Å². The summed E-state index contributed by atoms with van der Waals surface area (Å²) in [6.07, 6.45) is 0. The lowest BCUT2D eigenvalue weighted by Gasteiger charge is -2.16. The minimum Gasteiger partial charge on any atom is -0.327 e. The molecule has 0 fully saturated rings. The van der Waals surface area contributed by atoms with Crippen LogP contribution in [0.15, 0.2) is 53.4 Å². The van der Waals surface area contributed by atoms with E-state index in [9.17, 15) is 13.2 Å². The van der Waals surface area contributed by atoms with Crippen LogP contribution in [0.25, 0.3) is 0 Å². The number of nitrogens with two attached hydrogens (primary N) is 1. The molecule has 4 N–H and O–H groups in total. The minimum absolute atomic E-state index is 0. The molecule has 0 aliphatic rings. The highest BCUT2D eigenvalue weighted by atomic mass is 35.5. The average Bonchev–Trinajstić information content (AvgIpc) is 2.56. The topological polar surface area (TPSA) is 101 Å². The fourth-order valence-corrected chi connectivity index (χ4v) is 3.51. The number of aryl methyl sites for hydroxylation is 1. The van der Waals surface area contributed by atoms with Crippen LogP contribution >= 0.6 is 12.4 Å². The van der Waals surface area contributed by atoms with Gasteiger partial charge in [-0.25, -0.2) is 8.42 Å². The third-order valence-electron chi connectivity index (χ3n) is 3.97. The SMILES string of the molecule is Cc1ccc(NC(=O)C(C)C(C)N)cc1S(=O)(=O)Nc1ccccc1.Cl. The molecule has 2 atom stereocenters. The van der Waals surface area contributed by atoms with E-state index in [2.05, 4.69) is 10.0 Å². The van der Waals surface area contributed by atoms with Crippen LogP contribution in [-0.4, -0.2) is 20.4 Å². The second kappa shape index (κ2) is 9.02. The molecule has 0 heterocycles. The molecular weight excluding hydrogens is 374 g/mol. The van der Waals surface area contributed by atoms with Crippen LogP contribution in [0.3, 0.4) is 0 Å². The fourth-order valence-electron chi connectivity index (χ4n) is 2.18. The zero-order valence-corrected chi connectivity index (χ0v) is 16.5. The summed E-state index contributed by atoms with van der Waals surface area (Å²) in [5.74, 6) is -0.637. The molecule has 0 bridgehead atoms. The number of anilines is 2. The van der Waals surface area contributed by atoms with Gasteiger partial charge in [0.2, 0.25) is 5.91 Å². The number of rotatable bonds is 6. The molecule has 0 aromatic heterocycles. The molecule has 2 aromatic rings. The molecule has 0 aliphatic carbocycles. The standard InChI is InChI=1S/C18H23N3O3S.ClH/c1-12-9-10-16(20-18(22)13(2)14(3)19)11-17(12)25(23,24)21-15-7-5-4-6-8-15;/h4-11,13-14,21H,19H2,1-3H3,(H,20,22);1H. The van der Waals surface area contributed by atoms with Gasteiger partial charge in [0.25, 0.3) is 10.0 Å². The Morgan fingerprint density at radius 3 is 2.23 bits per heavy atom. The molecule has 142 valence electrons. The first-order chi connectivity index (χ1) is 11.7. The van der Waals surface area contributed by atoms with E-state index in [1.54, 1.807) is 63.2 Å². The third kappa shape index (κ3) is 5.45. The Morgan fingerprint density at radius 1 is 1.04 bits per heavy atom. The number of carbonyl (C=O) groups is 1. The van der Waals surface area contributed by atoms with Gasteiger partial charge in [0.1, 0.15) is 0 Å². The molecule has 1 amide bonds. The molecule has 0 saturated heterocycles. The maximum Gasteiger partial charge on any atom is 0.262 e. The van der Waals surface area contributed by atoms with Crippen LogP contribution < -0.4 is 15.8 Å². The fraction of sp³-hybridized carbons (Fsp3) is 0.278. The Kier molecular flexibility index (Phi) is 7.62. The Labute approximate surface area is 160 Å². The summed E-state index contributed by atoms with van der Waals surface area (Å²) in [7, 11) is -3.76. The Hall–Kier alpha value is -2.09. The quantitative estimate of drug-likeness (QED) is 0.696. The molecular formula is C18H24ClN3O3S. The molecule has 0 spiro atoms. The first-order valence-corrected chi connectivity index (χ1v) is 9.44. The number of hydrogen-bond acceptors (Lipinski definition) is 4. The van der Waals surface area contributed by atoms with Gasteiger partial charge in [-0.1, -0.05) is 31.2 Å². The van der Waals surface area contributed by atoms with E-state index in [1.807, 2.05) is 0 Å². The monoisotopic (exact) mass is 397 g/mol. The number of halogens is 1. The number of nitrogens with one attached hydrogen (secondary N) is 2. The van der Waals surface area contributed by atoms with Gasteiger partial charge in [-0.2, -0.15) is 0 Å². The van der Waals surface area contributed by atoms with Gasteiger partial charge in [-0.05, 0) is 43.7 Å². The van der Waals surface area contributed by atoms with Crippen LogP contribution in [0.5, 0.6) is 0 Å². The van der Waals surface area contributed by atoms with Crippen LogP contribution in [0.2, 0.25) is 0 Å². The van der Waals surface area contributed by atoms with Crippen LogP contribution in [-0.2, 0) is 14.8 Å². The minimum atomic E-state index is -3.76. The highest BCUT2D eigenvalue weighted by molar-refractivity contribution is 7.92. The first kappa shape index (κ1) is 22.0. The smallest absolute Gasteiger partial charge is 0.262 e. The van der Waals surface area contributed by atoms with Crippen molar-refractivity contribution in [2.45, 2.75) is 31.7 Å². The molecule has 6 nitrogen and oxygen atoms in total. The van der Waals surface area contributed by atoms with Crippen LogP contribution in [0, 0.1) is 12.8 Å². The summed E-state index contributed by atoms with van der Waals surface area (Å²) in [4.78, 5) is 12.2. The summed E-state index contributed by atoms with van der Waals surface area (Å²) < 4.78 is 27.9. The second-order valence-electron chi connectivity index (χ2n) is 6.09. The van der Waals surface area contributed by atoms with Gasteiger partial charge >= 0.3 is 0 Å². The van der Waals surface area contributed by atoms with Crippen molar-refractivity contribution < 1.29 is 13.2 Å². The first-order valence-electron chi connectivity index (χ1n) is 7.95. The Balaban J connectivity index is 0.00000338. The van der Waals surface area contributed by atoms with Crippen molar-refractivity contribution in [3.8, 4) is 0 Å². The number of carbonyl (C=O) groups excluding carboxylic acids is 1. The van der Waals surface area contributed by atoms with Gasteiger partial charge in [-0.3, -0.25) is 9.52 Å². The predicted molar refractivity (Wildman–Crippen MR) is 107 cm³/mol. The van der Waals surface area contributed by atoms with Crippen molar-refractivity contribution in [3.63, 3.8) is 0 Å². The van der Waals surface area contributed by atoms with Crippen molar-refractivity contribution >= 4 is 39.7 Å². The molecule has 8 heteroatoms. The Bertz CT molecular complexity index is 855. The lowest BCUT2D eigenvalue weighted by molar-refractivity contribution is -0.119. The van der Waals surface area contributed by atoms with Gasteiger partial charge in [-0.15, -0.1) is 12.4 Å². The normalized spacial score (nSPS) is 13.2. The van der Waals surface area contributed by atoms with Gasteiger partial charge < -0.3 is 11.1 Å². The average molecular weight is 398 g/mol. The maximum atomic E-state index is 12.7. The number of benzene rings is 2. The highest BCUT2D eigenvalue weighted by Crippen LogP contribution is 2.23. The van der Waals surface area contributed by atoms with E-state index < -0.39 is 10.0 Å². The predicted octanol–water partition coefficient (Wildman–Crippen LogP) is 3.14. The summed E-state index contributed by atoms with van der Waals surface area (Å²) in [6, 6.07) is 13.1. The summed E-state index contributed by atoms with van der Waals surface area (Å²) in [5, 5.41) is 2.72. The van der Waals surface area contributed by atoms with Crippen molar-refractivity contribution in [1.29, 1.82) is 0 Å². The van der Waals surface area contributed by atoms with E-state index in [0.717, 1.165) is 0 Å². The third-order valence-corrected chi connectivity index (χ3v) is 5.50. The van der Waals surface area contributed by atoms with E-state index in [4.69, 9.17) is 5.73 Å². The molecule has 2 unspecified atom stereocenters. The number of hydrogen-bond donors (Lipinski definition) is 3. The Morgan fingerprint density at radius 2 is 1.65 bits per heavy atom. The highest BCUT2D eigenvalue weighted by Gasteiger charge is 2.20. The van der Waals surface area contributed by atoms with E-state index in [0.29, 0.717) is 16.9 Å². The van der Waals surface area contributed by atoms with E-state index in [-0.39, 0.29) is 35.2 Å². The number of para-hydroxylation sites is 1. The number of sulfonamides is 1. The van der Waals surface area contributed by atoms with E-state index >= 15 is 0 Å². The van der Waals surface area contributed by atoms with Crippen LogP contribution in [0.4, 0.5) is 11.4 Å². The van der Waals surface area contributed by atoms with Crippen LogP contribution in [0.1, 0.15) is 19.4 Å². The number of amides is 1. The van der Waals surface area contributed by atoms with Crippen molar-refractivity contribution in [3.05, 3.63) is 54.1 Å². The zero-order chi connectivity index (χ0) is 18.6. The molecule has 2 aromatic carbocycles. The van der Waals surface area contributed by atoms with Crippen molar-refractivity contribution in [1.82, 2.24) is 0 Å². The second-order valence-corrected chi connectivity index (χ2v) is 7.74. The summed E-state index contributed by atoms with van der Waals surface area (Å²) in [6.45, 7) is 5.18.